The van der Waals surface area contributed by atoms with E-state index in [2.05, 4.69) is 15.1 Å². The first-order chi connectivity index (χ1) is 8.39. The van der Waals surface area contributed by atoms with Crippen molar-refractivity contribution in [2.75, 3.05) is 12.3 Å². The van der Waals surface area contributed by atoms with Gasteiger partial charge in [0.15, 0.2) is 0 Å². The quantitative estimate of drug-likeness (QED) is 0.709. The minimum absolute atomic E-state index is 0.0919. The van der Waals surface area contributed by atoms with Gasteiger partial charge in [0.05, 0.1) is 12.3 Å². The van der Waals surface area contributed by atoms with E-state index < -0.39 is 10.0 Å². The van der Waals surface area contributed by atoms with Gasteiger partial charge in [-0.2, -0.15) is 5.10 Å². The Morgan fingerprint density at radius 3 is 2.61 bits per heavy atom. The molecule has 0 fully saturated rings. The van der Waals surface area contributed by atoms with Gasteiger partial charge in [0.1, 0.15) is 0 Å². The summed E-state index contributed by atoms with van der Waals surface area (Å²) in [6, 6.07) is 1.93. The SMILES string of the molecule is CC(C)NCCS(=O)(=O)NC(C)Cn1cccn1. The first kappa shape index (κ1) is 15.1. The monoisotopic (exact) mass is 274 g/mol. The number of hydrogen-bond acceptors (Lipinski definition) is 4. The standard InChI is InChI=1S/C11H22N4O2S/c1-10(2)12-6-8-18(16,17)14-11(3)9-15-7-4-5-13-15/h4-5,7,10-12,14H,6,8-9H2,1-3H3. The van der Waals surface area contributed by atoms with E-state index in [9.17, 15) is 8.42 Å². The van der Waals surface area contributed by atoms with Gasteiger partial charge in [-0.15, -0.1) is 0 Å². The summed E-state index contributed by atoms with van der Waals surface area (Å²) in [4.78, 5) is 0. The van der Waals surface area contributed by atoms with Crippen LogP contribution < -0.4 is 10.0 Å². The first-order valence-corrected chi connectivity index (χ1v) is 7.75. The summed E-state index contributed by atoms with van der Waals surface area (Å²) in [5, 5.41) is 7.12. The third-order valence-electron chi connectivity index (χ3n) is 2.32. The van der Waals surface area contributed by atoms with E-state index in [4.69, 9.17) is 0 Å². The molecule has 18 heavy (non-hydrogen) atoms. The van der Waals surface area contributed by atoms with Crippen molar-refractivity contribution < 1.29 is 8.42 Å². The van der Waals surface area contributed by atoms with Crippen molar-refractivity contribution in [1.29, 1.82) is 0 Å². The summed E-state index contributed by atoms with van der Waals surface area (Å²) in [5.41, 5.74) is 0. The minimum atomic E-state index is -3.23. The molecule has 104 valence electrons. The Kier molecular flexibility index (Phi) is 5.77. The third-order valence-corrected chi connectivity index (χ3v) is 3.83. The molecule has 0 saturated carbocycles. The second-order valence-electron chi connectivity index (χ2n) is 4.67. The van der Waals surface area contributed by atoms with Gasteiger partial charge in [-0.3, -0.25) is 4.68 Å². The van der Waals surface area contributed by atoms with Gasteiger partial charge in [0.2, 0.25) is 10.0 Å². The smallest absolute Gasteiger partial charge is 0.213 e. The zero-order valence-electron chi connectivity index (χ0n) is 11.1. The number of hydrogen-bond donors (Lipinski definition) is 2. The van der Waals surface area contributed by atoms with Gasteiger partial charge in [-0.1, -0.05) is 13.8 Å². The van der Waals surface area contributed by atoms with Crippen LogP contribution in [0.1, 0.15) is 20.8 Å². The van der Waals surface area contributed by atoms with Crippen LogP contribution in [0.15, 0.2) is 18.5 Å². The molecule has 0 radical (unpaired) electrons. The number of rotatable bonds is 8. The zero-order chi connectivity index (χ0) is 13.6. The van der Waals surface area contributed by atoms with E-state index in [1.54, 1.807) is 10.9 Å². The molecule has 0 spiro atoms. The lowest BCUT2D eigenvalue weighted by Crippen LogP contribution is -2.40. The van der Waals surface area contributed by atoms with Crippen molar-refractivity contribution in [3.05, 3.63) is 18.5 Å². The molecule has 0 aliphatic rings. The number of sulfonamides is 1. The van der Waals surface area contributed by atoms with Crippen LogP contribution in [0.4, 0.5) is 0 Å². The Labute approximate surface area is 109 Å². The zero-order valence-corrected chi connectivity index (χ0v) is 11.9. The topological polar surface area (TPSA) is 76.0 Å². The van der Waals surface area contributed by atoms with E-state index in [-0.39, 0.29) is 11.8 Å². The lowest BCUT2D eigenvalue weighted by Gasteiger charge is -2.15. The number of nitrogens with zero attached hydrogens (tertiary/aromatic N) is 2. The first-order valence-electron chi connectivity index (χ1n) is 6.10. The van der Waals surface area contributed by atoms with Crippen molar-refractivity contribution in [3.8, 4) is 0 Å². The van der Waals surface area contributed by atoms with Crippen molar-refractivity contribution >= 4 is 10.0 Å². The van der Waals surface area contributed by atoms with E-state index in [0.29, 0.717) is 19.1 Å². The molecule has 1 heterocycles. The van der Waals surface area contributed by atoms with Crippen molar-refractivity contribution in [3.63, 3.8) is 0 Å². The lowest BCUT2D eigenvalue weighted by atomic mass is 10.4. The second kappa shape index (κ2) is 6.86. The summed E-state index contributed by atoms with van der Waals surface area (Å²) in [6.07, 6.45) is 3.49. The molecule has 1 aromatic heterocycles. The molecule has 1 unspecified atom stereocenters. The van der Waals surface area contributed by atoms with Gasteiger partial charge in [0, 0.05) is 31.0 Å². The minimum Gasteiger partial charge on any atom is -0.313 e. The van der Waals surface area contributed by atoms with Crippen molar-refractivity contribution in [2.45, 2.75) is 39.4 Å². The highest BCUT2D eigenvalue weighted by Gasteiger charge is 2.14. The molecule has 2 N–H and O–H groups in total. The number of aromatic nitrogens is 2. The fourth-order valence-electron chi connectivity index (χ4n) is 1.57. The maximum absolute atomic E-state index is 11.8. The predicted molar refractivity (Wildman–Crippen MR) is 71.8 cm³/mol. The lowest BCUT2D eigenvalue weighted by molar-refractivity contribution is 0.492. The van der Waals surface area contributed by atoms with E-state index in [1.165, 1.54) is 0 Å². The van der Waals surface area contributed by atoms with E-state index in [0.717, 1.165) is 0 Å². The average molecular weight is 274 g/mol. The van der Waals surface area contributed by atoms with Crippen molar-refractivity contribution in [2.24, 2.45) is 0 Å². The molecule has 7 heteroatoms. The van der Waals surface area contributed by atoms with Gasteiger partial charge >= 0.3 is 0 Å². The van der Waals surface area contributed by atoms with Crippen LogP contribution in [0, 0.1) is 0 Å². The van der Waals surface area contributed by atoms with Crippen LogP contribution in [-0.4, -0.2) is 42.6 Å². The molecule has 1 atom stereocenters. The van der Waals surface area contributed by atoms with Gasteiger partial charge in [0.25, 0.3) is 0 Å². The summed E-state index contributed by atoms with van der Waals surface area (Å²) >= 11 is 0. The van der Waals surface area contributed by atoms with Crippen molar-refractivity contribution in [1.82, 2.24) is 19.8 Å². The van der Waals surface area contributed by atoms with Crippen LogP contribution in [0.3, 0.4) is 0 Å². The largest absolute Gasteiger partial charge is 0.313 e. The van der Waals surface area contributed by atoms with Crippen LogP contribution in [0.5, 0.6) is 0 Å². The molecular weight excluding hydrogens is 252 g/mol. The molecule has 1 aromatic rings. The molecule has 0 aromatic carbocycles. The van der Waals surface area contributed by atoms with Gasteiger partial charge in [-0.25, -0.2) is 13.1 Å². The Morgan fingerprint density at radius 1 is 1.33 bits per heavy atom. The molecule has 0 bridgehead atoms. The molecular formula is C11H22N4O2S. The molecule has 0 amide bonds. The highest BCUT2D eigenvalue weighted by molar-refractivity contribution is 7.89. The fourth-order valence-corrected chi connectivity index (χ4v) is 2.77. The normalized spacial score (nSPS) is 14.0. The third kappa shape index (κ3) is 6.13. The van der Waals surface area contributed by atoms with Crippen LogP contribution in [0.25, 0.3) is 0 Å². The highest BCUT2D eigenvalue weighted by Crippen LogP contribution is 1.94. The van der Waals surface area contributed by atoms with E-state index in [1.807, 2.05) is 33.0 Å². The van der Waals surface area contributed by atoms with Crippen LogP contribution in [-0.2, 0) is 16.6 Å². The van der Waals surface area contributed by atoms with Gasteiger partial charge in [-0.05, 0) is 13.0 Å². The Bertz CT molecular complexity index is 428. The molecule has 1 rings (SSSR count). The second-order valence-corrected chi connectivity index (χ2v) is 6.55. The molecule has 0 saturated heterocycles. The predicted octanol–water partition coefficient (Wildman–Crippen LogP) is 0.189. The Hall–Kier alpha value is -0.920. The summed E-state index contributed by atoms with van der Waals surface area (Å²) in [5.74, 6) is 0.0919. The summed E-state index contributed by atoms with van der Waals surface area (Å²) < 4.78 is 27.9. The average Bonchev–Trinajstić information content (AvgIpc) is 2.67. The summed E-state index contributed by atoms with van der Waals surface area (Å²) in [6.45, 7) is 6.79. The molecule has 0 aliphatic heterocycles. The highest BCUT2D eigenvalue weighted by atomic mass is 32.2. The molecule has 0 aliphatic carbocycles. The Balaban J connectivity index is 2.35. The van der Waals surface area contributed by atoms with Gasteiger partial charge < -0.3 is 5.32 Å². The Morgan fingerprint density at radius 2 is 2.06 bits per heavy atom. The van der Waals surface area contributed by atoms with Crippen LogP contribution in [0.2, 0.25) is 0 Å². The summed E-state index contributed by atoms with van der Waals surface area (Å²) in [7, 11) is -3.23. The number of nitrogens with one attached hydrogen (secondary N) is 2. The van der Waals surface area contributed by atoms with Crippen LogP contribution >= 0.6 is 0 Å². The maximum atomic E-state index is 11.8. The van der Waals surface area contributed by atoms with E-state index >= 15 is 0 Å². The maximum Gasteiger partial charge on any atom is 0.213 e. The molecule has 6 nitrogen and oxygen atoms in total. The fraction of sp³-hybridized carbons (Fsp3) is 0.727.